The Balaban J connectivity index is 2.22. The van der Waals surface area contributed by atoms with Crippen molar-refractivity contribution in [2.75, 3.05) is 20.1 Å². The summed E-state index contributed by atoms with van der Waals surface area (Å²) in [5, 5.41) is 8.60. The number of hydrogen-bond donors (Lipinski definition) is 1. The van der Waals surface area contributed by atoms with Crippen molar-refractivity contribution >= 4 is 5.97 Å². The lowest BCUT2D eigenvalue weighted by Gasteiger charge is -2.13. The highest BCUT2D eigenvalue weighted by atomic mass is 16.4. The van der Waals surface area contributed by atoms with E-state index in [1.165, 1.54) is 12.8 Å². The standard InChI is InChI=1S/C10H17NO2/c1-8(10(12)13)5-6-11(2)7-9-3-4-9/h5,9H,3-4,6-7H2,1-2H3,(H,12,13). The molecule has 13 heavy (non-hydrogen) atoms. The smallest absolute Gasteiger partial charge is 0.330 e. The molecule has 74 valence electrons. The largest absolute Gasteiger partial charge is 0.478 e. The molecule has 0 radical (unpaired) electrons. The monoisotopic (exact) mass is 183 g/mol. The number of carboxylic acid groups (broad SMARTS) is 1. The highest BCUT2D eigenvalue weighted by Crippen LogP contribution is 2.29. The normalized spacial score (nSPS) is 17.9. The first kappa shape index (κ1) is 10.3. The zero-order valence-electron chi connectivity index (χ0n) is 8.29. The van der Waals surface area contributed by atoms with E-state index in [-0.39, 0.29) is 0 Å². The second-order valence-electron chi connectivity index (χ2n) is 3.86. The van der Waals surface area contributed by atoms with Crippen molar-refractivity contribution in [3.05, 3.63) is 11.6 Å². The molecular formula is C10H17NO2. The van der Waals surface area contributed by atoms with Crippen molar-refractivity contribution in [2.45, 2.75) is 19.8 Å². The van der Waals surface area contributed by atoms with Crippen LogP contribution in [0.4, 0.5) is 0 Å². The van der Waals surface area contributed by atoms with Crippen LogP contribution in [0.1, 0.15) is 19.8 Å². The van der Waals surface area contributed by atoms with E-state index in [0.717, 1.165) is 19.0 Å². The summed E-state index contributed by atoms with van der Waals surface area (Å²) in [6.45, 7) is 3.48. The molecule has 0 aliphatic heterocycles. The van der Waals surface area contributed by atoms with Gasteiger partial charge in [-0.2, -0.15) is 0 Å². The van der Waals surface area contributed by atoms with Crippen LogP contribution in [-0.2, 0) is 4.79 Å². The molecule has 0 aromatic carbocycles. The molecule has 1 rings (SSSR count). The molecule has 0 aromatic heterocycles. The molecular weight excluding hydrogens is 166 g/mol. The minimum Gasteiger partial charge on any atom is -0.478 e. The molecule has 0 amide bonds. The van der Waals surface area contributed by atoms with Gasteiger partial charge in [-0.3, -0.25) is 0 Å². The molecule has 1 aliphatic rings. The molecule has 1 fully saturated rings. The van der Waals surface area contributed by atoms with Gasteiger partial charge in [0.15, 0.2) is 0 Å². The molecule has 0 spiro atoms. The zero-order valence-corrected chi connectivity index (χ0v) is 8.29. The first-order valence-electron chi connectivity index (χ1n) is 4.68. The highest BCUT2D eigenvalue weighted by Gasteiger charge is 2.22. The van der Waals surface area contributed by atoms with E-state index >= 15 is 0 Å². The summed E-state index contributed by atoms with van der Waals surface area (Å²) in [4.78, 5) is 12.6. The molecule has 0 unspecified atom stereocenters. The predicted molar refractivity (Wildman–Crippen MR) is 51.6 cm³/mol. The van der Waals surface area contributed by atoms with Crippen LogP contribution in [0.25, 0.3) is 0 Å². The quantitative estimate of drug-likeness (QED) is 0.654. The Labute approximate surface area is 79.0 Å². The van der Waals surface area contributed by atoms with Crippen LogP contribution < -0.4 is 0 Å². The van der Waals surface area contributed by atoms with Crippen LogP contribution >= 0.6 is 0 Å². The van der Waals surface area contributed by atoms with Crippen LogP contribution in [0.15, 0.2) is 11.6 Å². The van der Waals surface area contributed by atoms with E-state index in [0.29, 0.717) is 5.57 Å². The van der Waals surface area contributed by atoms with Crippen molar-refractivity contribution in [3.63, 3.8) is 0 Å². The average Bonchev–Trinajstić information content (AvgIpc) is 2.83. The number of hydrogen-bond acceptors (Lipinski definition) is 2. The highest BCUT2D eigenvalue weighted by molar-refractivity contribution is 5.85. The number of carboxylic acids is 1. The van der Waals surface area contributed by atoms with Gasteiger partial charge in [0.2, 0.25) is 0 Å². The minimum atomic E-state index is -0.820. The summed E-state index contributed by atoms with van der Waals surface area (Å²) in [6, 6.07) is 0. The van der Waals surface area contributed by atoms with Gasteiger partial charge in [-0.1, -0.05) is 6.08 Å². The van der Waals surface area contributed by atoms with Gasteiger partial charge in [-0.15, -0.1) is 0 Å². The van der Waals surface area contributed by atoms with Gasteiger partial charge in [0.1, 0.15) is 0 Å². The van der Waals surface area contributed by atoms with Crippen molar-refractivity contribution in [3.8, 4) is 0 Å². The van der Waals surface area contributed by atoms with Crippen LogP contribution in [0, 0.1) is 5.92 Å². The molecule has 0 heterocycles. The maximum atomic E-state index is 10.5. The predicted octanol–water partition coefficient (Wildman–Crippen LogP) is 1.36. The fourth-order valence-corrected chi connectivity index (χ4v) is 1.20. The van der Waals surface area contributed by atoms with Gasteiger partial charge in [0.05, 0.1) is 0 Å². The number of rotatable bonds is 5. The van der Waals surface area contributed by atoms with Crippen LogP contribution in [0.2, 0.25) is 0 Å². The number of nitrogens with zero attached hydrogens (tertiary/aromatic N) is 1. The zero-order chi connectivity index (χ0) is 9.84. The van der Waals surface area contributed by atoms with Crippen molar-refractivity contribution in [2.24, 2.45) is 5.92 Å². The van der Waals surface area contributed by atoms with Gasteiger partial charge in [-0.25, -0.2) is 4.79 Å². The van der Waals surface area contributed by atoms with Gasteiger partial charge >= 0.3 is 5.97 Å². The summed E-state index contributed by atoms with van der Waals surface area (Å²) in [7, 11) is 2.03. The Morgan fingerprint density at radius 2 is 2.23 bits per heavy atom. The lowest BCUT2D eigenvalue weighted by atomic mass is 10.3. The second kappa shape index (κ2) is 4.42. The first-order valence-corrected chi connectivity index (χ1v) is 4.68. The Kier molecular flexibility index (Phi) is 3.48. The summed E-state index contributed by atoms with van der Waals surface area (Å²) >= 11 is 0. The van der Waals surface area contributed by atoms with Gasteiger partial charge in [0.25, 0.3) is 0 Å². The third-order valence-corrected chi connectivity index (χ3v) is 2.31. The molecule has 3 heteroatoms. The van der Waals surface area contributed by atoms with Crippen molar-refractivity contribution < 1.29 is 9.90 Å². The molecule has 0 aromatic rings. The Bertz CT molecular complexity index is 219. The van der Waals surface area contributed by atoms with Gasteiger partial charge in [0, 0.05) is 18.7 Å². The van der Waals surface area contributed by atoms with E-state index in [2.05, 4.69) is 4.90 Å². The minimum absolute atomic E-state index is 0.433. The van der Waals surface area contributed by atoms with E-state index in [9.17, 15) is 4.79 Å². The lowest BCUT2D eigenvalue weighted by Crippen LogP contribution is -2.21. The fourth-order valence-electron chi connectivity index (χ4n) is 1.20. The van der Waals surface area contributed by atoms with Crippen molar-refractivity contribution in [1.29, 1.82) is 0 Å². The fraction of sp³-hybridized carbons (Fsp3) is 0.700. The third kappa shape index (κ3) is 4.08. The van der Waals surface area contributed by atoms with E-state index in [1.807, 2.05) is 7.05 Å². The van der Waals surface area contributed by atoms with Gasteiger partial charge < -0.3 is 10.0 Å². The Hall–Kier alpha value is -0.830. The first-order chi connectivity index (χ1) is 6.09. The van der Waals surface area contributed by atoms with Gasteiger partial charge in [-0.05, 0) is 32.7 Å². The average molecular weight is 183 g/mol. The molecule has 0 bridgehead atoms. The number of carbonyl (C=O) groups is 1. The molecule has 0 saturated heterocycles. The van der Waals surface area contributed by atoms with E-state index in [4.69, 9.17) is 5.11 Å². The molecule has 1 aliphatic carbocycles. The summed E-state index contributed by atoms with van der Waals surface area (Å²) in [5.74, 6) is 0.0448. The van der Waals surface area contributed by atoms with Crippen LogP contribution in [0.5, 0.6) is 0 Å². The number of aliphatic carboxylic acids is 1. The summed E-state index contributed by atoms with van der Waals surface area (Å²) in [6.07, 6.45) is 4.45. The molecule has 1 saturated carbocycles. The van der Waals surface area contributed by atoms with Crippen LogP contribution in [0.3, 0.4) is 0 Å². The molecule has 3 nitrogen and oxygen atoms in total. The second-order valence-corrected chi connectivity index (χ2v) is 3.86. The SMILES string of the molecule is CC(=CCN(C)CC1CC1)C(=O)O. The maximum Gasteiger partial charge on any atom is 0.330 e. The topological polar surface area (TPSA) is 40.5 Å². The van der Waals surface area contributed by atoms with Crippen LogP contribution in [-0.4, -0.2) is 36.1 Å². The summed E-state index contributed by atoms with van der Waals surface area (Å²) < 4.78 is 0. The van der Waals surface area contributed by atoms with Crippen molar-refractivity contribution in [1.82, 2.24) is 4.90 Å². The summed E-state index contributed by atoms with van der Waals surface area (Å²) in [5.41, 5.74) is 0.433. The third-order valence-electron chi connectivity index (χ3n) is 2.31. The number of likely N-dealkylation sites (N-methyl/N-ethyl adjacent to an activating group) is 1. The molecule has 0 atom stereocenters. The Morgan fingerprint density at radius 1 is 1.62 bits per heavy atom. The van der Waals surface area contributed by atoms with E-state index in [1.54, 1.807) is 13.0 Å². The maximum absolute atomic E-state index is 10.5. The lowest BCUT2D eigenvalue weighted by molar-refractivity contribution is -0.132. The molecule has 1 N–H and O–H groups in total. The van der Waals surface area contributed by atoms with E-state index < -0.39 is 5.97 Å². The Morgan fingerprint density at radius 3 is 2.69 bits per heavy atom.